The van der Waals surface area contributed by atoms with Gasteiger partial charge in [0.2, 0.25) is 0 Å². The summed E-state index contributed by atoms with van der Waals surface area (Å²) in [6.45, 7) is 9.53. The van der Waals surface area contributed by atoms with Crippen molar-refractivity contribution in [3.05, 3.63) is 29.8 Å². The van der Waals surface area contributed by atoms with Gasteiger partial charge in [-0.1, -0.05) is 45.4 Å². The van der Waals surface area contributed by atoms with Crippen molar-refractivity contribution in [2.45, 2.75) is 83.8 Å². The van der Waals surface area contributed by atoms with Crippen LogP contribution in [0.25, 0.3) is 0 Å². The number of Topliss-reactive ketones (excluding diaryl/α,β-unsaturated/α-hetero) is 1. The van der Waals surface area contributed by atoms with Crippen molar-refractivity contribution in [3.63, 3.8) is 0 Å². The number of hydrogen-bond donors (Lipinski definition) is 0. The van der Waals surface area contributed by atoms with E-state index in [4.69, 9.17) is 13.7 Å². The maximum atomic E-state index is 13.5. The number of carbonyl (C=O) groups excluding carboxylic acids is 2. The molecular weight excluding hydrogens is 480 g/mol. The van der Waals surface area contributed by atoms with Crippen LogP contribution in [0.3, 0.4) is 0 Å². The first kappa shape index (κ1) is 27.3. The molecule has 7 nitrogen and oxygen atoms in total. The second kappa shape index (κ2) is 9.84. The summed E-state index contributed by atoms with van der Waals surface area (Å²) >= 11 is 0. The van der Waals surface area contributed by atoms with E-state index in [1.54, 1.807) is 19.2 Å². The van der Waals surface area contributed by atoms with Crippen molar-refractivity contribution in [3.8, 4) is 0 Å². The Morgan fingerprint density at radius 1 is 1.08 bits per heavy atom. The predicted octanol–water partition coefficient (Wildman–Crippen LogP) is 4.70. The van der Waals surface area contributed by atoms with Crippen LogP contribution in [0.15, 0.2) is 29.2 Å². The second-order valence-corrected chi connectivity index (χ2v) is 13.2. The predicted molar refractivity (Wildman–Crippen MR) is 135 cm³/mol. The van der Waals surface area contributed by atoms with Crippen LogP contribution in [0.2, 0.25) is 0 Å². The number of methoxy groups -OCH3 is 1. The van der Waals surface area contributed by atoms with E-state index >= 15 is 0 Å². The molecule has 0 unspecified atom stereocenters. The Morgan fingerprint density at radius 3 is 2.36 bits per heavy atom. The van der Waals surface area contributed by atoms with E-state index in [1.807, 2.05) is 13.8 Å². The van der Waals surface area contributed by atoms with Crippen molar-refractivity contribution in [1.29, 1.82) is 0 Å². The lowest BCUT2D eigenvalue weighted by Gasteiger charge is -2.60. The molecule has 0 amide bonds. The van der Waals surface area contributed by atoms with Crippen molar-refractivity contribution in [1.82, 2.24) is 0 Å². The van der Waals surface area contributed by atoms with Crippen molar-refractivity contribution < 1.29 is 31.7 Å². The van der Waals surface area contributed by atoms with Crippen LogP contribution in [0.4, 0.5) is 0 Å². The Morgan fingerprint density at radius 2 is 1.72 bits per heavy atom. The van der Waals surface area contributed by atoms with Crippen LogP contribution < -0.4 is 0 Å². The SMILES string of the molecule is CO[C@@H]1CC[C@@]23CC[C@@H](C)[C@@](C)([C@H](OC(=O)COS(=O)(=O)c4ccc(C)cc4)C[C@@H](C)C(=O)[C@@H]2C)[C@@H]13. The lowest BCUT2D eigenvalue weighted by atomic mass is 9.45. The van der Waals surface area contributed by atoms with Gasteiger partial charge >= 0.3 is 5.97 Å². The molecule has 0 heterocycles. The molecule has 4 rings (SSSR count). The molecule has 0 N–H and O–H groups in total. The lowest BCUT2D eigenvalue weighted by Crippen LogP contribution is -2.61. The van der Waals surface area contributed by atoms with Gasteiger partial charge in [0.25, 0.3) is 10.1 Å². The van der Waals surface area contributed by atoms with E-state index in [-0.39, 0.29) is 45.9 Å². The molecule has 3 fully saturated rings. The fourth-order valence-corrected chi connectivity index (χ4v) is 8.51. The molecule has 3 aliphatic rings. The van der Waals surface area contributed by atoms with E-state index in [9.17, 15) is 18.0 Å². The summed E-state index contributed by atoms with van der Waals surface area (Å²) in [5.41, 5.74) is 0.330. The molecule has 8 heteroatoms. The third-order valence-corrected chi connectivity index (χ3v) is 11.2. The minimum Gasteiger partial charge on any atom is -0.460 e. The Bertz CT molecular complexity index is 1100. The number of esters is 1. The summed E-state index contributed by atoms with van der Waals surface area (Å²) in [7, 11) is -2.37. The molecular formula is C28H40O7S. The highest BCUT2D eigenvalue weighted by Gasteiger charge is 2.67. The molecule has 0 saturated heterocycles. The monoisotopic (exact) mass is 520 g/mol. The molecule has 0 aliphatic heterocycles. The summed E-state index contributed by atoms with van der Waals surface area (Å²) in [5.74, 6) is -0.550. The Kier molecular flexibility index (Phi) is 7.45. The van der Waals surface area contributed by atoms with Crippen LogP contribution in [-0.2, 0) is 33.4 Å². The summed E-state index contributed by atoms with van der Waals surface area (Å²) in [6.07, 6.45) is 3.57. The van der Waals surface area contributed by atoms with Gasteiger partial charge in [-0.3, -0.25) is 8.98 Å². The van der Waals surface area contributed by atoms with Gasteiger partial charge < -0.3 is 9.47 Å². The molecule has 1 aromatic carbocycles. The molecule has 3 aliphatic carbocycles. The standard InChI is InChI=1S/C28H40O7S/c1-17-7-9-21(10-8-17)36(31,32)34-16-24(29)35-23-15-18(2)25(30)20(4)28-13-11-19(3)27(23,5)26(28)22(33-6)12-14-28/h7-10,18-20,22-23,26H,11-16H2,1-6H3/t18-,19-,20+,22-,23-,26-,27+,28+/m1/s1. The Labute approximate surface area is 215 Å². The quantitative estimate of drug-likeness (QED) is 0.396. The van der Waals surface area contributed by atoms with E-state index in [0.29, 0.717) is 6.42 Å². The smallest absolute Gasteiger partial charge is 0.333 e. The van der Waals surface area contributed by atoms with E-state index < -0.39 is 34.2 Å². The average molecular weight is 521 g/mol. The van der Waals surface area contributed by atoms with Crippen molar-refractivity contribution in [2.24, 2.45) is 34.5 Å². The zero-order valence-corrected chi connectivity index (χ0v) is 23.1. The number of carbonyl (C=O) groups is 2. The number of rotatable bonds is 6. The Hall–Kier alpha value is -1.77. The van der Waals surface area contributed by atoms with E-state index in [0.717, 1.165) is 31.2 Å². The first-order valence-electron chi connectivity index (χ1n) is 13.1. The second-order valence-electron chi connectivity index (χ2n) is 11.6. The first-order valence-corrected chi connectivity index (χ1v) is 14.5. The average Bonchev–Trinajstić information content (AvgIpc) is 3.24. The molecule has 8 atom stereocenters. The van der Waals surface area contributed by atoms with Gasteiger partial charge in [-0.2, -0.15) is 8.42 Å². The molecule has 200 valence electrons. The topological polar surface area (TPSA) is 96.0 Å². The highest BCUT2D eigenvalue weighted by Crippen LogP contribution is 2.67. The summed E-state index contributed by atoms with van der Waals surface area (Å²) in [4.78, 5) is 26.5. The van der Waals surface area contributed by atoms with E-state index in [1.165, 1.54) is 12.1 Å². The molecule has 1 aromatic rings. The summed E-state index contributed by atoms with van der Waals surface area (Å²) < 4.78 is 42.3. The van der Waals surface area contributed by atoms with Gasteiger partial charge in [0.05, 0.1) is 11.0 Å². The zero-order valence-electron chi connectivity index (χ0n) is 22.3. The van der Waals surface area contributed by atoms with Crippen LogP contribution >= 0.6 is 0 Å². The van der Waals surface area contributed by atoms with E-state index in [2.05, 4.69) is 20.8 Å². The largest absolute Gasteiger partial charge is 0.460 e. The number of ether oxygens (including phenoxy) is 2. The van der Waals surface area contributed by atoms with Gasteiger partial charge in [0, 0.05) is 30.3 Å². The minimum absolute atomic E-state index is 0.00778. The van der Waals surface area contributed by atoms with Gasteiger partial charge in [0.1, 0.15) is 11.9 Å². The van der Waals surface area contributed by atoms with Crippen LogP contribution in [-0.4, -0.2) is 46.1 Å². The molecule has 0 spiro atoms. The molecule has 0 radical (unpaired) electrons. The van der Waals surface area contributed by atoms with Gasteiger partial charge in [-0.25, -0.2) is 4.79 Å². The minimum atomic E-state index is -4.10. The van der Waals surface area contributed by atoms with Crippen molar-refractivity contribution >= 4 is 21.9 Å². The number of aryl methyl sites for hydroxylation is 1. The zero-order chi connectivity index (χ0) is 26.5. The number of hydrogen-bond acceptors (Lipinski definition) is 7. The maximum absolute atomic E-state index is 13.5. The highest BCUT2D eigenvalue weighted by atomic mass is 32.2. The highest BCUT2D eigenvalue weighted by molar-refractivity contribution is 7.86. The molecule has 3 saturated carbocycles. The summed E-state index contributed by atoms with van der Waals surface area (Å²) in [6, 6.07) is 6.25. The first-order chi connectivity index (χ1) is 16.9. The fourth-order valence-electron chi connectivity index (χ4n) is 7.65. The molecule has 36 heavy (non-hydrogen) atoms. The summed E-state index contributed by atoms with van der Waals surface area (Å²) in [5, 5.41) is 0. The van der Waals surface area contributed by atoms with Gasteiger partial charge in [-0.05, 0) is 62.5 Å². The van der Waals surface area contributed by atoms with Crippen LogP contribution in [0, 0.1) is 41.4 Å². The third kappa shape index (κ3) is 4.43. The Balaban J connectivity index is 1.61. The molecule has 0 aromatic heterocycles. The fraction of sp³-hybridized carbons (Fsp3) is 0.714. The number of benzene rings is 1. The van der Waals surface area contributed by atoms with Crippen LogP contribution in [0.5, 0.6) is 0 Å². The molecule has 2 bridgehead atoms. The third-order valence-electron chi connectivity index (χ3n) is 9.91. The lowest BCUT2D eigenvalue weighted by molar-refractivity contribution is -0.202. The van der Waals surface area contributed by atoms with Gasteiger partial charge in [0.15, 0.2) is 6.61 Å². The number of ketones is 1. The van der Waals surface area contributed by atoms with Gasteiger partial charge in [-0.15, -0.1) is 0 Å². The van der Waals surface area contributed by atoms with Crippen molar-refractivity contribution in [2.75, 3.05) is 13.7 Å². The maximum Gasteiger partial charge on any atom is 0.333 e. The normalized spacial score (nSPS) is 38.7. The van der Waals surface area contributed by atoms with Crippen LogP contribution in [0.1, 0.15) is 65.4 Å².